The minimum absolute atomic E-state index is 0.257. The van der Waals surface area contributed by atoms with Gasteiger partial charge in [-0.2, -0.15) is 0 Å². The highest BCUT2D eigenvalue weighted by Crippen LogP contribution is 2.23. The zero-order valence-corrected chi connectivity index (χ0v) is 11.9. The molecule has 1 aromatic heterocycles. The predicted octanol–water partition coefficient (Wildman–Crippen LogP) is 1.59. The first-order chi connectivity index (χ1) is 10.2. The molecule has 0 radical (unpaired) electrons. The van der Waals surface area contributed by atoms with E-state index < -0.39 is 0 Å². The number of anilines is 1. The van der Waals surface area contributed by atoms with Gasteiger partial charge in [-0.25, -0.2) is 0 Å². The van der Waals surface area contributed by atoms with Gasteiger partial charge in [-0.3, -0.25) is 19.8 Å². The third kappa shape index (κ3) is 2.71. The standard InChI is InChI=1S/C15H19N3O3/c1-2-10-8-9(6-7-21-10)16-12-5-3-4-11-13(12)15(20)18-17-14(11)19/h3-5,9-10,16H,2,6-8H2,1H3,(H,17,19)(H,18,20). The van der Waals surface area contributed by atoms with Crippen LogP contribution >= 0.6 is 0 Å². The van der Waals surface area contributed by atoms with Gasteiger partial charge in [-0.05, 0) is 31.4 Å². The first kappa shape index (κ1) is 13.9. The van der Waals surface area contributed by atoms with Crippen LogP contribution in [0.15, 0.2) is 27.8 Å². The average Bonchev–Trinajstić information content (AvgIpc) is 2.51. The van der Waals surface area contributed by atoms with Gasteiger partial charge in [0.25, 0.3) is 11.1 Å². The molecule has 1 aliphatic rings. The molecule has 1 saturated heterocycles. The summed E-state index contributed by atoms with van der Waals surface area (Å²) < 4.78 is 5.66. The average molecular weight is 289 g/mol. The molecule has 1 aromatic carbocycles. The summed E-state index contributed by atoms with van der Waals surface area (Å²) in [4.78, 5) is 23.8. The van der Waals surface area contributed by atoms with Crippen molar-refractivity contribution in [3.63, 3.8) is 0 Å². The van der Waals surface area contributed by atoms with E-state index in [1.165, 1.54) is 0 Å². The van der Waals surface area contributed by atoms with E-state index in [1.807, 2.05) is 6.07 Å². The molecule has 1 fully saturated rings. The van der Waals surface area contributed by atoms with Crippen LogP contribution in [0.2, 0.25) is 0 Å². The molecule has 6 heteroatoms. The van der Waals surface area contributed by atoms with Gasteiger partial charge in [0.15, 0.2) is 0 Å². The van der Waals surface area contributed by atoms with Crippen LogP contribution in [-0.4, -0.2) is 29.0 Å². The number of H-pyrrole nitrogens is 2. The topological polar surface area (TPSA) is 87.0 Å². The lowest BCUT2D eigenvalue weighted by molar-refractivity contribution is 0.00927. The Balaban J connectivity index is 1.96. The molecule has 0 spiro atoms. The van der Waals surface area contributed by atoms with Crippen LogP contribution in [0.3, 0.4) is 0 Å². The Kier molecular flexibility index (Phi) is 3.79. The molecule has 1 aliphatic heterocycles. The summed E-state index contributed by atoms with van der Waals surface area (Å²) in [5.41, 5.74) is 0.139. The zero-order chi connectivity index (χ0) is 14.8. The fourth-order valence-corrected chi connectivity index (χ4v) is 2.87. The van der Waals surface area contributed by atoms with Crippen molar-refractivity contribution in [1.29, 1.82) is 0 Å². The fraction of sp³-hybridized carbons (Fsp3) is 0.467. The molecular formula is C15H19N3O3. The largest absolute Gasteiger partial charge is 0.381 e. The summed E-state index contributed by atoms with van der Waals surface area (Å²) in [6, 6.07) is 5.55. The summed E-state index contributed by atoms with van der Waals surface area (Å²) in [6.07, 6.45) is 3.04. The summed E-state index contributed by atoms with van der Waals surface area (Å²) in [7, 11) is 0. The normalized spacial score (nSPS) is 22.3. The maximum absolute atomic E-state index is 12.0. The summed E-state index contributed by atoms with van der Waals surface area (Å²) >= 11 is 0. The van der Waals surface area contributed by atoms with Crippen LogP contribution in [0, 0.1) is 0 Å². The maximum atomic E-state index is 12.0. The van der Waals surface area contributed by atoms with Gasteiger partial charge in [0.1, 0.15) is 0 Å². The molecule has 2 atom stereocenters. The number of hydrogen-bond donors (Lipinski definition) is 3. The molecule has 0 bridgehead atoms. The highest BCUT2D eigenvalue weighted by Gasteiger charge is 2.22. The number of rotatable bonds is 3. The molecule has 2 aromatic rings. The highest BCUT2D eigenvalue weighted by molar-refractivity contribution is 5.92. The predicted molar refractivity (Wildman–Crippen MR) is 81.9 cm³/mol. The Labute approximate surface area is 121 Å². The molecule has 2 unspecified atom stereocenters. The van der Waals surface area contributed by atoms with Crippen molar-refractivity contribution in [2.75, 3.05) is 11.9 Å². The minimum atomic E-state index is -0.285. The molecule has 0 amide bonds. The van der Waals surface area contributed by atoms with Crippen molar-refractivity contribution in [3.8, 4) is 0 Å². The lowest BCUT2D eigenvalue weighted by atomic mass is 10.0. The number of ether oxygens (including phenoxy) is 1. The number of hydrogen-bond acceptors (Lipinski definition) is 4. The number of nitrogens with one attached hydrogen (secondary N) is 3. The van der Waals surface area contributed by atoms with E-state index in [-0.39, 0.29) is 23.3 Å². The van der Waals surface area contributed by atoms with E-state index in [0.717, 1.165) is 25.9 Å². The molecular weight excluding hydrogens is 270 g/mol. The van der Waals surface area contributed by atoms with Crippen molar-refractivity contribution >= 4 is 16.5 Å². The van der Waals surface area contributed by atoms with Gasteiger partial charge in [-0.15, -0.1) is 0 Å². The van der Waals surface area contributed by atoms with Crippen molar-refractivity contribution in [3.05, 3.63) is 38.9 Å². The highest BCUT2D eigenvalue weighted by atomic mass is 16.5. The summed E-state index contributed by atoms with van der Waals surface area (Å²) in [5.74, 6) is 0. The smallest absolute Gasteiger partial charge is 0.272 e. The van der Waals surface area contributed by atoms with Gasteiger partial charge in [0.2, 0.25) is 0 Å². The molecule has 6 nitrogen and oxygen atoms in total. The Morgan fingerprint density at radius 1 is 1.29 bits per heavy atom. The van der Waals surface area contributed by atoms with Crippen LogP contribution in [0.4, 0.5) is 5.69 Å². The first-order valence-corrected chi connectivity index (χ1v) is 7.31. The number of aromatic nitrogens is 2. The van der Waals surface area contributed by atoms with E-state index in [9.17, 15) is 9.59 Å². The second-order valence-corrected chi connectivity index (χ2v) is 5.40. The summed E-state index contributed by atoms with van der Waals surface area (Å²) in [6.45, 7) is 2.83. The van der Waals surface area contributed by atoms with Crippen molar-refractivity contribution in [2.45, 2.75) is 38.3 Å². The van der Waals surface area contributed by atoms with E-state index in [2.05, 4.69) is 22.4 Å². The van der Waals surface area contributed by atoms with Crippen molar-refractivity contribution < 1.29 is 4.74 Å². The first-order valence-electron chi connectivity index (χ1n) is 7.31. The van der Waals surface area contributed by atoms with Crippen molar-refractivity contribution in [1.82, 2.24) is 10.2 Å². The minimum Gasteiger partial charge on any atom is -0.381 e. The van der Waals surface area contributed by atoms with Crippen LogP contribution < -0.4 is 16.4 Å². The third-order valence-electron chi connectivity index (χ3n) is 4.01. The number of benzene rings is 1. The molecule has 3 N–H and O–H groups in total. The van der Waals surface area contributed by atoms with Gasteiger partial charge < -0.3 is 10.1 Å². The number of fused-ring (bicyclic) bond motifs is 1. The second kappa shape index (κ2) is 5.73. The lowest BCUT2D eigenvalue weighted by Crippen LogP contribution is -2.34. The quantitative estimate of drug-likeness (QED) is 0.800. The Hall–Kier alpha value is -2.08. The Morgan fingerprint density at radius 2 is 2.10 bits per heavy atom. The van der Waals surface area contributed by atoms with Gasteiger partial charge in [-0.1, -0.05) is 13.0 Å². The van der Waals surface area contributed by atoms with Gasteiger partial charge >= 0.3 is 0 Å². The second-order valence-electron chi connectivity index (χ2n) is 5.40. The number of aromatic amines is 2. The van der Waals surface area contributed by atoms with Crippen LogP contribution in [0.5, 0.6) is 0 Å². The zero-order valence-electron chi connectivity index (χ0n) is 11.9. The molecule has 3 rings (SSSR count). The van der Waals surface area contributed by atoms with Crippen LogP contribution in [0.1, 0.15) is 26.2 Å². The lowest BCUT2D eigenvalue weighted by Gasteiger charge is -2.30. The molecule has 2 heterocycles. The van der Waals surface area contributed by atoms with Gasteiger partial charge in [0.05, 0.1) is 16.9 Å². The van der Waals surface area contributed by atoms with Crippen LogP contribution in [0.25, 0.3) is 10.8 Å². The van der Waals surface area contributed by atoms with E-state index in [4.69, 9.17) is 4.74 Å². The summed E-state index contributed by atoms with van der Waals surface area (Å²) in [5, 5.41) is 8.96. The Morgan fingerprint density at radius 3 is 2.90 bits per heavy atom. The Bertz CT molecular complexity index is 750. The van der Waals surface area contributed by atoms with E-state index in [1.54, 1.807) is 12.1 Å². The molecule has 112 valence electrons. The van der Waals surface area contributed by atoms with Crippen LogP contribution in [-0.2, 0) is 4.74 Å². The van der Waals surface area contributed by atoms with Crippen molar-refractivity contribution in [2.24, 2.45) is 0 Å². The molecule has 21 heavy (non-hydrogen) atoms. The van der Waals surface area contributed by atoms with Gasteiger partial charge in [0, 0.05) is 18.3 Å². The third-order valence-corrected chi connectivity index (χ3v) is 4.01. The monoisotopic (exact) mass is 289 g/mol. The van der Waals surface area contributed by atoms with E-state index >= 15 is 0 Å². The van der Waals surface area contributed by atoms with E-state index in [0.29, 0.717) is 16.5 Å². The maximum Gasteiger partial charge on any atom is 0.272 e. The molecule has 0 aliphatic carbocycles. The fourth-order valence-electron chi connectivity index (χ4n) is 2.87. The SMILES string of the molecule is CCC1CC(Nc2cccc3c(=O)[nH][nH]c(=O)c23)CCO1. The molecule has 0 saturated carbocycles.